The molecular weight excluding hydrogens is 273 g/mol. The summed E-state index contributed by atoms with van der Waals surface area (Å²) in [4.78, 5) is 11.2. The van der Waals surface area contributed by atoms with Crippen LogP contribution >= 0.6 is 8.03 Å². The molecule has 0 amide bonds. The number of rotatable bonds is 5. The fraction of sp³-hybridized carbons (Fsp3) is 0.364. The molecule has 1 aromatic rings. The molecule has 0 aromatic heterocycles. The molecule has 2 radical (unpaired) electrons. The van der Waals surface area contributed by atoms with Gasteiger partial charge >= 0.3 is 14.0 Å². The van der Waals surface area contributed by atoms with Crippen LogP contribution in [-0.2, 0) is 19.5 Å². The van der Waals surface area contributed by atoms with E-state index in [9.17, 15) is 14.5 Å². The van der Waals surface area contributed by atoms with Crippen molar-refractivity contribution in [1.82, 2.24) is 0 Å². The Bertz CT molecular complexity index is 399. The third-order valence-electron chi connectivity index (χ3n) is 2.28. The molecule has 1 N–H and O–H groups in total. The average molecular weight is 287 g/mol. The molecule has 4 nitrogen and oxygen atoms in total. The molecular formula is C11H14Na2O4P+. The normalized spacial score (nSPS) is 13.6. The van der Waals surface area contributed by atoms with Crippen LogP contribution in [0.4, 0.5) is 0 Å². The van der Waals surface area contributed by atoms with Gasteiger partial charge in [0.15, 0.2) is 6.16 Å². The molecule has 88 valence electrons. The van der Waals surface area contributed by atoms with Crippen molar-refractivity contribution in [1.29, 1.82) is 0 Å². The van der Waals surface area contributed by atoms with Crippen LogP contribution < -0.4 is 0 Å². The van der Waals surface area contributed by atoms with Crippen molar-refractivity contribution in [2.45, 2.75) is 19.4 Å². The predicted molar refractivity (Wildman–Crippen MR) is 72.2 cm³/mol. The second kappa shape index (κ2) is 9.62. The first-order chi connectivity index (χ1) is 7.50. The van der Waals surface area contributed by atoms with Gasteiger partial charge in [-0.2, -0.15) is 0 Å². The molecule has 0 heterocycles. The van der Waals surface area contributed by atoms with Gasteiger partial charge in [0.05, 0.1) is 0 Å². The standard InChI is InChI=1S/C11H13O4P.2Na/c1-3-16(14)15-11(2,10(12)13)9-7-5-4-6-8-9;;/h4-8H,3H2,1-2H3;;/p+1. The van der Waals surface area contributed by atoms with Gasteiger partial charge in [-0.1, -0.05) is 30.3 Å². The molecule has 18 heavy (non-hydrogen) atoms. The fourth-order valence-corrected chi connectivity index (χ4v) is 1.96. The SMILES string of the molecule is CC[P+](=O)OC(C)(C(=O)O)c1ccccc1.[Na].[Na]. The minimum absolute atomic E-state index is 0. The van der Waals surface area contributed by atoms with E-state index in [0.717, 1.165) is 0 Å². The number of aliphatic carboxylic acids is 1. The summed E-state index contributed by atoms with van der Waals surface area (Å²) >= 11 is 0. The molecule has 0 aliphatic heterocycles. The van der Waals surface area contributed by atoms with Gasteiger partial charge in [0.25, 0.3) is 0 Å². The molecule has 0 aliphatic rings. The van der Waals surface area contributed by atoms with Crippen LogP contribution in [0.15, 0.2) is 30.3 Å². The van der Waals surface area contributed by atoms with Crippen LogP contribution in [0.3, 0.4) is 0 Å². The first-order valence-corrected chi connectivity index (χ1v) is 6.29. The molecule has 2 unspecified atom stereocenters. The Labute approximate surface area is 152 Å². The van der Waals surface area contributed by atoms with Gasteiger partial charge in [0.1, 0.15) is 0 Å². The molecule has 0 bridgehead atoms. The number of hydrogen-bond donors (Lipinski definition) is 1. The van der Waals surface area contributed by atoms with E-state index in [4.69, 9.17) is 4.52 Å². The monoisotopic (exact) mass is 287 g/mol. The molecule has 1 rings (SSSR count). The van der Waals surface area contributed by atoms with Crippen molar-refractivity contribution in [3.05, 3.63) is 35.9 Å². The van der Waals surface area contributed by atoms with E-state index in [1.54, 1.807) is 37.3 Å². The predicted octanol–water partition coefficient (Wildman–Crippen LogP) is 2.00. The van der Waals surface area contributed by atoms with Crippen LogP contribution in [-0.4, -0.2) is 76.4 Å². The summed E-state index contributed by atoms with van der Waals surface area (Å²) in [5.41, 5.74) is -1.07. The average Bonchev–Trinajstić information content (AvgIpc) is 2.29. The first kappa shape index (κ1) is 21.1. The Kier molecular flexibility index (Phi) is 11.3. The minimum Gasteiger partial charge on any atom is -0.479 e. The molecule has 2 atom stereocenters. The first-order valence-electron chi connectivity index (χ1n) is 4.93. The summed E-state index contributed by atoms with van der Waals surface area (Å²) in [7, 11) is -1.95. The maximum absolute atomic E-state index is 11.4. The summed E-state index contributed by atoms with van der Waals surface area (Å²) in [6.07, 6.45) is 0.297. The van der Waals surface area contributed by atoms with Crippen LogP contribution in [0.1, 0.15) is 19.4 Å². The third kappa shape index (κ3) is 5.40. The van der Waals surface area contributed by atoms with E-state index in [1.165, 1.54) is 6.92 Å². The van der Waals surface area contributed by atoms with Crippen molar-refractivity contribution < 1.29 is 19.0 Å². The van der Waals surface area contributed by atoms with E-state index < -0.39 is 19.6 Å². The van der Waals surface area contributed by atoms with E-state index in [1.807, 2.05) is 0 Å². The van der Waals surface area contributed by atoms with E-state index in [2.05, 4.69) is 0 Å². The van der Waals surface area contributed by atoms with Gasteiger partial charge in [-0.25, -0.2) is 4.79 Å². The zero-order valence-electron chi connectivity index (χ0n) is 11.2. The van der Waals surface area contributed by atoms with Gasteiger partial charge in [0.2, 0.25) is 5.60 Å². The summed E-state index contributed by atoms with van der Waals surface area (Å²) in [6.45, 7) is 3.10. The van der Waals surface area contributed by atoms with Crippen LogP contribution in [0.25, 0.3) is 0 Å². The van der Waals surface area contributed by atoms with Crippen LogP contribution in [0.5, 0.6) is 0 Å². The topological polar surface area (TPSA) is 63.6 Å². The van der Waals surface area contributed by atoms with E-state index in [0.29, 0.717) is 11.7 Å². The summed E-state index contributed by atoms with van der Waals surface area (Å²) < 4.78 is 16.5. The van der Waals surface area contributed by atoms with Crippen LogP contribution in [0.2, 0.25) is 0 Å². The zero-order chi connectivity index (χ0) is 12.2. The van der Waals surface area contributed by atoms with Gasteiger partial charge in [-0.3, -0.25) is 0 Å². The molecule has 0 fully saturated rings. The smallest absolute Gasteiger partial charge is 0.479 e. The molecule has 0 saturated carbocycles. The van der Waals surface area contributed by atoms with Crippen molar-refractivity contribution in [2.75, 3.05) is 6.16 Å². The van der Waals surface area contributed by atoms with Crippen molar-refractivity contribution in [2.24, 2.45) is 0 Å². The maximum atomic E-state index is 11.4. The molecule has 1 aromatic carbocycles. The van der Waals surface area contributed by atoms with Gasteiger partial charge in [0, 0.05) is 59.1 Å². The molecule has 0 saturated heterocycles. The zero-order valence-corrected chi connectivity index (χ0v) is 16.1. The largest absolute Gasteiger partial charge is 0.509 e. The van der Waals surface area contributed by atoms with Crippen molar-refractivity contribution >= 4 is 73.1 Å². The Hall–Kier alpha value is 0.750. The van der Waals surface area contributed by atoms with Crippen LogP contribution in [0, 0.1) is 0 Å². The number of benzene rings is 1. The Morgan fingerprint density at radius 3 is 2.22 bits per heavy atom. The molecule has 0 aliphatic carbocycles. The number of carboxylic acids is 1. The number of carboxylic acid groups (broad SMARTS) is 1. The Morgan fingerprint density at radius 1 is 1.33 bits per heavy atom. The van der Waals surface area contributed by atoms with Crippen molar-refractivity contribution in [3.63, 3.8) is 0 Å². The van der Waals surface area contributed by atoms with Gasteiger partial charge in [-0.05, 0) is 24.0 Å². The van der Waals surface area contributed by atoms with Gasteiger partial charge in [-0.15, -0.1) is 4.52 Å². The fourth-order valence-electron chi connectivity index (χ4n) is 1.24. The summed E-state index contributed by atoms with van der Waals surface area (Å²) in [5.74, 6) is -1.14. The Morgan fingerprint density at radius 2 is 1.83 bits per heavy atom. The maximum Gasteiger partial charge on any atom is 0.509 e. The quantitative estimate of drug-likeness (QED) is 0.664. The summed E-state index contributed by atoms with van der Waals surface area (Å²) in [5, 5.41) is 9.18. The van der Waals surface area contributed by atoms with E-state index in [-0.39, 0.29) is 59.1 Å². The van der Waals surface area contributed by atoms with Gasteiger partial charge < -0.3 is 5.11 Å². The number of hydrogen-bond acceptors (Lipinski definition) is 3. The Balaban J connectivity index is 0. The second-order valence-electron chi connectivity index (χ2n) is 3.44. The minimum atomic E-state index is -1.95. The van der Waals surface area contributed by atoms with Crippen molar-refractivity contribution in [3.8, 4) is 0 Å². The summed E-state index contributed by atoms with van der Waals surface area (Å²) in [6, 6.07) is 8.52. The second-order valence-corrected chi connectivity index (χ2v) is 4.93. The number of carbonyl (C=O) groups is 1. The molecule has 0 spiro atoms. The third-order valence-corrected chi connectivity index (χ3v) is 3.36. The molecule has 7 heteroatoms. The van der Waals surface area contributed by atoms with E-state index >= 15 is 0 Å².